The second kappa shape index (κ2) is 5.89. The number of ketones is 1. The highest BCUT2D eigenvalue weighted by Crippen LogP contribution is 2.32. The third kappa shape index (κ3) is 2.90. The van der Waals surface area contributed by atoms with Gasteiger partial charge in [0, 0.05) is 12.4 Å². The minimum absolute atomic E-state index is 0. The number of likely N-dealkylation sites (N-methyl/N-ethyl adjacent to an activating group) is 1. The number of carbonyl (C=O) groups is 1. The molecule has 2 rings (SSSR count). The fraction of sp³-hybridized carbons (Fsp3) is 0.417. The van der Waals surface area contributed by atoms with Crippen LogP contribution in [-0.4, -0.2) is 25.1 Å². The van der Waals surface area contributed by atoms with Crippen molar-refractivity contribution in [2.75, 3.05) is 13.3 Å². The van der Waals surface area contributed by atoms with Gasteiger partial charge in [0.1, 0.15) is 0 Å². The molecule has 0 radical (unpaired) electrons. The second-order valence-corrected chi connectivity index (χ2v) is 3.42. The van der Waals surface area contributed by atoms with E-state index in [0.29, 0.717) is 17.1 Å². The Balaban J connectivity index is 0.00000242. The van der Waals surface area contributed by atoms with E-state index in [9.17, 15) is 4.79 Å². The lowest BCUT2D eigenvalue weighted by Crippen LogP contribution is -2.33. The lowest BCUT2D eigenvalue weighted by atomic mass is 10.0. The van der Waals surface area contributed by atoms with Gasteiger partial charge in [-0.05, 0) is 31.6 Å². The fourth-order valence-electron chi connectivity index (χ4n) is 1.47. The highest BCUT2D eigenvalue weighted by molar-refractivity contribution is 6.00. The summed E-state index contributed by atoms with van der Waals surface area (Å²) in [5.74, 6) is 0.540. The van der Waals surface area contributed by atoms with E-state index in [1.807, 2.05) is 0 Å². The van der Waals surface area contributed by atoms with Gasteiger partial charge in [0.25, 0.3) is 0 Å². The van der Waals surface area contributed by atoms with Crippen LogP contribution in [0.2, 0.25) is 0 Å². The van der Waals surface area contributed by atoms with Crippen molar-refractivity contribution in [1.82, 2.24) is 5.32 Å². The maximum atomic E-state index is 12.2. The molecular weight excluding hydrogens is 242 g/mol. The first-order chi connectivity index (χ1) is 9.62. The summed E-state index contributed by atoms with van der Waals surface area (Å²) in [6, 6.07) is 3.61. The number of fused-ring (bicyclic) bond motifs is 1. The second-order valence-electron chi connectivity index (χ2n) is 3.42. The first kappa shape index (κ1) is 7.95. The van der Waals surface area contributed by atoms with E-state index < -0.39 is 25.2 Å². The van der Waals surface area contributed by atoms with Gasteiger partial charge in [-0.2, -0.15) is 0 Å². The Morgan fingerprint density at radius 2 is 2.35 bits per heavy atom. The van der Waals surface area contributed by atoms with E-state index >= 15 is 0 Å². The summed E-state index contributed by atoms with van der Waals surface area (Å²) in [5.41, 5.74) is 0.292. The van der Waals surface area contributed by atoms with Crippen molar-refractivity contribution in [3.8, 4) is 11.5 Å². The van der Waals surface area contributed by atoms with E-state index in [1.54, 1.807) is 6.07 Å². The van der Waals surface area contributed by atoms with Gasteiger partial charge in [-0.3, -0.25) is 4.79 Å². The topological polar surface area (TPSA) is 47.6 Å². The Bertz CT molecular complexity index is 564. The van der Waals surface area contributed by atoms with Gasteiger partial charge in [-0.1, -0.05) is 6.85 Å². The quantitative estimate of drug-likeness (QED) is 0.844. The molecule has 4 nitrogen and oxygen atoms in total. The molecule has 1 aliphatic rings. The zero-order chi connectivity index (χ0) is 15.8. The number of rotatable bonds is 4. The van der Waals surface area contributed by atoms with Crippen LogP contribution in [0, 0.1) is 0 Å². The van der Waals surface area contributed by atoms with Crippen molar-refractivity contribution >= 4 is 18.2 Å². The molecule has 1 N–H and O–H groups in total. The standard InChI is InChI=1S/C12H15NO3.ClH/c1-3-13-8(2)12(14)9-4-5-10-11(6-9)16-7-15-10;/h4-6,8,13H,3,7H2,1-2H3;1H/i1D3,3D2;. The number of ether oxygens (including phenoxy) is 2. The summed E-state index contributed by atoms with van der Waals surface area (Å²) < 4.78 is 46.6. The van der Waals surface area contributed by atoms with Crippen LogP contribution < -0.4 is 14.8 Å². The lowest BCUT2D eigenvalue weighted by molar-refractivity contribution is 0.0951. The Hall–Kier alpha value is -1.26. The molecule has 0 saturated carbocycles. The van der Waals surface area contributed by atoms with E-state index in [0.717, 1.165) is 0 Å². The van der Waals surface area contributed by atoms with Gasteiger partial charge < -0.3 is 14.8 Å². The maximum Gasteiger partial charge on any atom is 0.231 e. The molecule has 1 aromatic rings. The molecule has 94 valence electrons. The van der Waals surface area contributed by atoms with Gasteiger partial charge in [-0.25, -0.2) is 0 Å². The van der Waals surface area contributed by atoms with Crippen LogP contribution in [0.5, 0.6) is 11.5 Å². The fourth-order valence-corrected chi connectivity index (χ4v) is 1.47. The molecule has 17 heavy (non-hydrogen) atoms. The van der Waals surface area contributed by atoms with E-state index in [4.69, 9.17) is 16.3 Å². The van der Waals surface area contributed by atoms with Crippen molar-refractivity contribution in [2.45, 2.75) is 19.8 Å². The number of Topliss-reactive ketones (excluding diaryl/α,β-unsaturated/α-hetero) is 1. The molecule has 0 bridgehead atoms. The average molecular weight is 263 g/mol. The molecule has 1 heterocycles. The van der Waals surface area contributed by atoms with Crippen molar-refractivity contribution < 1.29 is 21.1 Å². The van der Waals surface area contributed by atoms with Crippen LogP contribution in [0.15, 0.2) is 18.2 Å². The molecule has 5 heteroatoms. The molecule has 1 atom stereocenters. The van der Waals surface area contributed by atoms with Gasteiger partial charge in [0.2, 0.25) is 6.79 Å². The smallest absolute Gasteiger partial charge is 0.231 e. The Kier molecular flexibility index (Phi) is 2.75. The Morgan fingerprint density at radius 1 is 1.59 bits per heavy atom. The predicted octanol–water partition coefficient (Wildman–Crippen LogP) is 2.02. The largest absolute Gasteiger partial charge is 0.454 e. The minimum atomic E-state index is -2.86. The molecule has 1 aromatic carbocycles. The Labute approximate surface area is 114 Å². The van der Waals surface area contributed by atoms with Crippen molar-refractivity contribution in [3.05, 3.63) is 23.8 Å². The van der Waals surface area contributed by atoms with Crippen molar-refractivity contribution in [2.24, 2.45) is 0 Å². The van der Waals surface area contributed by atoms with Crippen molar-refractivity contribution in [3.63, 3.8) is 0 Å². The first-order valence-corrected chi connectivity index (χ1v) is 4.83. The number of hydrogen-bond acceptors (Lipinski definition) is 4. The number of hydrogen-bond donors (Lipinski definition) is 1. The monoisotopic (exact) mass is 262 g/mol. The first-order valence-electron chi connectivity index (χ1n) is 7.33. The highest BCUT2D eigenvalue weighted by Gasteiger charge is 2.19. The summed E-state index contributed by atoms with van der Waals surface area (Å²) in [5, 5.41) is 2.21. The SMILES string of the molecule is Cl.[2H]C([2H])([2H])C([2H])([2H])NC(C)C(=O)c1ccc2c(c1)OCO2. The molecule has 0 fully saturated rings. The molecule has 1 unspecified atom stereocenters. The number of nitrogens with one attached hydrogen (secondary N) is 1. The van der Waals surface area contributed by atoms with Gasteiger partial charge >= 0.3 is 0 Å². The summed E-state index contributed by atoms with van der Waals surface area (Å²) in [6.45, 7) is -4.02. The van der Waals surface area contributed by atoms with Crippen LogP contribution >= 0.6 is 12.4 Å². The van der Waals surface area contributed by atoms with Crippen LogP contribution in [0.1, 0.15) is 31.0 Å². The number of carbonyl (C=O) groups excluding carboxylic acids is 1. The number of benzene rings is 1. The minimum Gasteiger partial charge on any atom is -0.454 e. The maximum absolute atomic E-state index is 12.2. The third-order valence-electron chi connectivity index (χ3n) is 2.34. The van der Waals surface area contributed by atoms with Crippen LogP contribution in [-0.2, 0) is 0 Å². The summed E-state index contributed by atoms with van der Waals surface area (Å²) in [7, 11) is 0. The van der Waals surface area contributed by atoms with Crippen LogP contribution in [0.25, 0.3) is 0 Å². The molecule has 0 amide bonds. The lowest BCUT2D eigenvalue weighted by Gasteiger charge is -2.11. The van der Waals surface area contributed by atoms with Gasteiger partial charge in [-0.15, -0.1) is 12.4 Å². The summed E-state index contributed by atoms with van der Waals surface area (Å²) in [4.78, 5) is 12.2. The van der Waals surface area contributed by atoms with Gasteiger partial charge in [0.15, 0.2) is 17.3 Å². The van der Waals surface area contributed by atoms with E-state index in [-0.39, 0.29) is 19.2 Å². The van der Waals surface area contributed by atoms with E-state index in [1.165, 1.54) is 19.1 Å². The summed E-state index contributed by atoms with van der Waals surface area (Å²) in [6.07, 6.45) is 0. The summed E-state index contributed by atoms with van der Waals surface area (Å²) >= 11 is 0. The zero-order valence-corrected chi connectivity index (χ0v) is 9.97. The molecule has 0 aliphatic carbocycles. The van der Waals surface area contributed by atoms with Crippen LogP contribution in [0.3, 0.4) is 0 Å². The van der Waals surface area contributed by atoms with Crippen molar-refractivity contribution in [1.29, 1.82) is 0 Å². The Morgan fingerprint density at radius 3 is 3.12 bits per heavy atom. The van der Waals surface area contributed by atoms with Gasteiger partial charge in [0.05, 0.1) is 6.04 Å². The molecule has 0 saturated heterocycles. The highest BCUT2D eigenvalue weighted by atomic mass is 35.5. The predicted molar refractivity (Wildman–Crippen MR) is 67.3 cm³/mol. The average Bonchev–Trinajstić information content (AvgIpc) is 2.82. The van der Waals surface area contributed by atoms with E-state index in [2.05, 4.69) is 5.32 Å². The normalized spacial score (nSPS) is 19.9. The third-order valence-corrected chi connectivity index (χ3v) is 2.34. The molecule has 0 aromatic heterocycles. The molecule has 1 aliphatic heterocycles. The number of halogens is 1. The zero-order valence-electron chi connectivity index (χ0n) is 14.1. The molecule has 0 spiro atoms. The molecular formula is C12H16ClNO3. The van der Waals surface area contributed by atoms with Crippen LogP contribution in [0.4, 0.5) is 0 Å².